The van der Waals surface area contributed by atoms with Gasteiger partial charge in [0, 0.05) is 23.3 Å². The molecule has 2 atom stereocenters. The molecule has 162 valence electrons. The molecule has 10 heteroatoms. The average Bonchev–Trinajstić information content (AvgIpc) is 2.62. The van der Waals surface area contributed by atoms with Crippen molar-refractivity contribution in [2.75, 3.05) is 24.7 Å². The van der Waals surface area contributed by atoms with Crippen molar-refractivity contribution in [3.63, 3.8) is 0 Å². The average molecular weight is 437 g/mol. The minimum Gasteiger partial charge on any atom is -0.464 e. The van der Waals surface area contributed by atoms with E-state index in [4.69, 9.17) is 9.47 Å². The molecule has 0 fully saturated rings. The minimum absolute atomic E-state index is 0.219. The van der Waals surface area contributed by atoms with E-state index in [1.54, 1.807) is 41.5 Å². The third kappa shape index (κ3) is 10.8. The number of hydrogen-bond acceptors (Lipinski definition) is 8. The summed E-state index contributed by atoms with van der Waals surface area (Å²) < 4.78 is 10.0. The van der Waals surface area contributed by atoms with Crippen molar-refractivity contribution in [3.05, 3.63) is 0 Å². The first-order chi connectivity index (χ1) is 13.1. The monoisotopic (exact) mass is 436 g/mol. The minimum atomic E-state index is -0.779. The van der Waals surface area contributed by atoms with Gasteiger partial charge in [-0.2, -0.15) is 0 Å². The molecular formula is C18H32N2O6S2. The Morgan fingerprint density at radius 3 is 1.29 bits per heavy atom. The molecule has 0 spiro atoms. The lowest BCUT2D eigenvalue weighted by Gasteiger charge is -2.20. The molecule has 0 aliphatic rings. The van der Waals surface area contributed by atoms with Crippen molar-refractivity contribution in [2.45, 2.75) is 53.6 Å². The van der Waals surface area contributed by atoms with Crippen LogP contribution in [0.2, 0.25) is 0 Å². The third-order valence-electron chi connectivity index (χ3n) is 3.38. The van der Waals surface area contributed by atoms with Crippen molar-refractivity contribution >= 4 is 45.3 Å². The van der Waals surface area contributed by atoms with Gasteiger partial charge in [-0.15, -0.1) is 0 Å². The summed E-state index contributed by atoms with van der Waals surface area (Å²) in [6, 6.07) is -1.56. The Morgan fingerprint density at radius 2 is 1.04 bits per heavy atom. The smallest absolute Gasteiger partial charge is 0.329 e. The van der Waals surface area contributed by atoms with Gasteiger partial charge < -0.3 is 20.1 Å². The molecule has 0 aromatic rings. The third-order valence-corrected chi connectivity index (χ3v) is 5.80. The molecule has 8 nitrogen and oxygen atoms in total. The number of amides is 2. The number of nitrogens with one attached hydrogen (secondary N) is 2. The normalized spacial score (nSPS) is 13.0. The maximum absolute atomic E-state index is 12.1. The molecule has 0 bridgehead atoms. The van der Waals surface area contributed by atoms with Gasteiger partial charge in [0.15, 0.2) is 0 Å². The fourth-order valence-corrected chi connectivity index (χ4v) is 4.03. The fraction of sp³-hybridized carbons (Fsp3) is 0.778. The zero-order valence-corrected chi connectivity index (χ0v) is 19.0. The lowest BCUT2D eigenvalue weighted by Crippen LogP contribution is -2.45. The van der Waals surface area contributed by atoms with Crippen molar-refractivity contribution in [3.8, 4) is 0 Å². The molecule has 0 saturated heterocycles. The molecule has 0 unspecified atom stereocenters. The molecule has 2 N–H and O–H groups in total. The number of carbonyl (C=O) groups is 4. The number of rotatable bonds is 13. The number of ether oxygens (including phenoxy) is 2. The van der Waals surface area contributed by atoms with E-state index in [0.29, 0.717) is 0 Å². The Hall–Kier alpha value is -1.42. The van der Waals surface area contributed by atoms with Gasteiger partial charge in [-0.1, -0.05) is 49.3 Å². The van der Waals surface area contributed by atoms with Gasteiger partial charge in [-0.25, -0.2) is 9.59 Å². The van der Waals surface area contributed by atoms with E-state index >= 15 is 0 Å². The maximum Gasteiger partial charge on any atom is 0.329 e. The highest BCUT2D eigenvalue weighted by Crippen LogP contribution is 2.24. The second kappa shape index (κ2) is 14.6. The standard InChI is InChI=1S/C18H32N2O6S2/c1-7-25-17(23)13(19-15(21)11(3)4)9-27-28-10-14(18(24)26-8-2)20-16(22)12(5)6/h11-14H,7-10H2,1-6H3,(H,19,21)(H,20,22)/t13-,14-/m0/s1. The number of hydrogen-bond donors (Lipinski definition) is 2. The molecule has 0 radical (unpaired) electrons. The topological polar surface area (TPSA) is 111 Å². The second-order valence-corrected chi connectivity index (χ2v) is 9.06. The highest BCUT2D eigenvalue weighted by atomic mass is 33.1. The van der Waals surface area contributed by atoms with Crippen LogP contribution in [0.3, 0.4) is 0 Å². The van der Waals surface area contributed by atoms with Crippen molar-refractivity contribution in [1.29, 1.82) is 0 Å². The molecule has 0 heterocycles. The largest absolute Gasteiger partial charge is 0.464 e. The van der Waals surface area contributed by atoms with Gasteiger partial charge in [0.2, 0.25) is 11.8 Å². The molecule has 0 aromatic carbocycles. The summed E-state index contributed by atoms with van der Waals surface area (Å²) in [4.78, 5) is 47.9. The van der Waals surface area contributed by atoms with Crippen LogP contribution in [-0.2, 0) is 28.7 Å². The summed E-state index contributed by atoms with van der Waals surface area (Å²) in [5, 5.41) is 5.34. The zero-order chi connectivity index (χ0) is 21.7. The first-order valence-electron chi connectivity index (χ1n) is 9.32. The van der Waals surface area contributed by atoms with E-state index in [0.717, 1.165) is 0 Å². The summed E-state index contributed by atoms with van der Waals surface area (Å²) in [5.74, 6) is -1.44. The molecule has 0 aromatic heterocycles. The van der Waals surface area contributed by atoms with Crippen molar-refractivity contribution in [2.24, 2.45) is 11.8 Å². The second-order valence-electron chi connectivity index (χ2n) is 6.50. The molecule has 2 amide bonds. The van der Waals surface area contributed by atoms with Crippen LogP contribution in [0, 0.1) is 11.8 Å². The number of esters is 2. The van der Waals surface area contributed by atoms with Crippen LogP contribution in [0.5, 0.6) is 0 Å². The van der Waals surface area contributed by atoms with Crippen molar-refractivity contribution < 1.29 is 28.7 Å². The zero-order valence-electron chi connectivity index (χ0n) is 17.4. The molecular weight excluding hydrogens is 404 g/mol. The van der Waals surface area contributed by atoms with E-state index in [9.17, 15) is 19.2 Å². The van der Waals surface area contributed by atoms with E-state index in [-0.39, 0.29) is 48.4 Å². The summed E-state index contributed by atoms with van der Waals surface area (Å²) in [6.45, 7) is 10.8. The SMILES string of the molecule is CCOC(=O)[C@H](CSSC[C@H](NC(=O)C(C)C)C(=O)OCC)NC(=O)C(C)C. The Morgan fingerprint density at radius 1 is 0.714 bits per heavy atom. The Balaban J connectivity index is 4.74. The van der Waals surface area contributed by atoms with E-state index in [2.05, 4.69) is 10.6 Å². The van der Waals surface area contributed by atoms with Crippen LogP contribution < -0.4 is 10.6 Å². The summed E-state index contributed by atoms with van der Waals surface area (Å²) in [5.41, 5.74) is 0. The van der Waals surface area contributed by atoms with E-state index in [1.165, 1.54) is 21.6 Å². The fourth-order valence-electron chi connectivity index (χ4n) is 1.73. The summed E-state index contributed by atoms with van der Waals surface area (Å²) >= 11 is 0. The predicted molar refractivity (Wildman–Crippen MR) is 112 cm³/mol. The first-order valence-corrected chi connectivity index (χ1v) is 11.8. The predicted octanol–water partition coefficient (Wildman–Crippen LogP) is 1.78. The molecule has 0 saturated carbocycles. The Kier molecular flexibility index (Phi) is 13.8. The van der Waals surface area contributed by atoms with Crippen LogP contribution >= 0.6 is 21.6 Å². The maximum atomic E-state index is 12.1. The van der Waals surface area contributed by atoms with Crippen LogP contribution in [0.15, 0.2) is 0 Å². The van der Waals surface area contributed by atoms with Gasteiger partial charge in [-0.05, 0) is 13.8 Å². The van der Waals surface area contributed by atoms with Gasteiger partial charge in [0.05, 0.1) is 13.2 Å². The van der Waals surface area contributed by atoms with Gasteiger partial charge in [0.1, 0.15) is 12.1 Å². The van der Waals surface area contributed by atoms with Crippen LogP contribution in [-0.4, -0.2) is 60.6 Å². The summed E-state index contributed by atoms with van der Waals surface area (Å²) in [6.07, 6.45) is 0. The Bertz CT molecular complexity index is 482. The molecule has 0 rings (SSSR count). The lowest BCUT2D eigenvalue weighted by atomic mass is 10.2. The highest BCUT2D eigenvalue weighted by Gasteiger charge is 2.26. The lowest BCUT2D eigenvalue weighted by molar-refractivity contribution is -0.147. The summed E-state index contributed by atoms with van der Waals surface area (Å²) in [7, 11) is 2.62. The van der Waals surface area contributed by atoms with Crippen molar-refractivity contribution in [1.82, 2.24) is 10.6 Å². The molecule has 28 heavy (non-hydrogen) atoms. The van der Waals surface area contributed by atoms with Crippen LogP contribution in [0.1, 0.15) is 41.5 Å². The number of carbonyl (C=O) groups excluding carboxylic acids is 4. The molecule has 0 aliphatic heterocycles. The quantitative estimate of drug-likeness (QED) is 0.255. The van der Waals surface area contributed by atoms with Crippen LogP contribution in [0.25, 0.3) is 0 Å². The first kappa shape index (κ1) is 26.6. The highest BCUT2D eigenvalue weighted by molar-refractivity contribution is 8.76. The van der Waals surface area contributed by atoms with Gasteiger partial charge >= 0.3 is 11.9 Å². The van der Waals surface area contributed by atoms with Gasteiger partial charge in [-0.3, -0.25) is 9.59 Å². The molecule has 0 aliphatic carbocycles. The van der Waals surface area contributed by atoms with E-state index in [1.807, 2.05) is 0 Å². The van der Waals surface area contributed by atoms with E-state index < -0.39 is 24.0 Å². The Labute approximate surface area is 175 Å². The van der Waals surface area contributed by atoms with Gasteiger partial charge in [0.25, 0.3) is 0 Å². The van der Waals surface area contributed by atoms with Crippen LogP contribution in [0.4, 0.5) is 0 Å².